The van der Waals surface area contributed by atoms with E-state index < -0.39 is 12.1 Å². The van der Waals surface area contributed by atoms with Crippen molar-refractivity contribution in [1.82, 2.24) is 9.80 Å². The molecule has 3 heterocycles. The van der Waals surface area contributed by atoms with Crippen LogP contribution in [0.5, 0.6) is 0 Å². The number of likely N-dealkylation sites (N-methyl/N-ethyl adjacent to an activating group) is 1. The van der Waals surface area contributed by atoms with Gasteiger partial charge in [-0.1, -0.05) is 6.07 Å². The number of rotatable bonds is 2. The molecule has 0 saturated carbocycles. The number of carboxylic acids is 1. The Balaban J connectivity index is 0.000000406. The molecule has 0 aliphatic carbocycles. The Hall–Kier alpha value is -3.19. The summed E-state index contributed by atoms with van der Waals surface area (Å²) in [6, 6.07) is 7.57. The maximum atomic E-state index is 13.3. The number of carbonyl (C=O) groups excluding carboxylic acids is 2. The van der Waals surface area contributed by atoms with E-state index in [1.807, 2.05) is 28.8 Å². The zero-order valence-corrected chi connectivity index (χ0v) is 18.8. The number of hydrogen-bond donors (Lipinski definition) is 2. The van der Waals surface area contributed by atoms with E-state index in [-0.39, 0.29) is 23.3 Å². The molecule has 8 nitrogen and oxygen atoms in total. The first-order chi connectivity index (χ1) is 15.9. The smallest absolute Gasteiger partial charge is 0.475 e. The number of piperazine rings is 1. The number of carboxylic acid groups (broad SMARTS) is 1. The van der Waals surface area contributed by atoms with E-state index in [2.05, 4.69) is 10.2 Å². The molecule has 1 aromatic heterocycles. The van der Waals surface area contributed by atoms with Crippen LogP contribution >= 0.6 is 11.3 Å². The molecule has 1 spiro atoms. The van der Waals surface area contributed by atoms with Crippen LogP contribution in [-0.4, -0.2) is 77.8 Å². The first kappa shape index (κ1) is 25.4. The van der Waals surface area contributed by atoms with Gasteiger partial charge in [-0.15, -0.1) is 0 Å². The molecule has 0 radical (unpaired) electrons. The van der Waals surface area contributed by atoms with E-state index in [0.717, 1.165) is 12.1 Å². The van der Waals surface area contributed by atoms with Crippen LogP contribution in [0.1, 0.15) is 6.42 Å². The minimum absolute atomic E-state index is 0.0733. The number of alkyl halides is 3. The average molecular weight is 502 g/mol. The SMILES string of the molecule is CN1CC(=O)N(c2ccsc2)CC12CCN(C(=O)Nc1cccc(F)c1)C2.O=C(O)C(F)(F)F. The zero-order valence-electron chi connectivity index (χ0n) is 18.0. The quantitative estimate of drug-likeness (QED) is 0.614. The van der Waals surface area contributed by atoms with Crippen molar-refractivity contribution in [2.24, 2.45) is 0 Å². The molecule has 34 heavy (non-hydrogen) atoms. The van der Waals surface area contributed by atoms with E-state index in [0.29, 0.717) is 31.9 Å². The monoisotopic (exact) mass is 502 g/mol. The van der Waals surface area contributed by atoms with Crippen molar-refractivity contribution in [2.75, 3.05) is 43.4 Å². The molecule has 0 bridgehead atoms. The van der Waals surface area contributed by atoms with Crippen LogP contribution in [0.15, 0.2) is 41.1 Å². The van der Waals surface area contributed by atoms with Gasteiger partial charge in [0.05, 0.1) is 17.8 Å². The summed E-state index contributed by atoms with van der Waals surface area (Å²) in [5.74, 6) is -3.07. The van der Waals surface area contributed by atoms with Gasteiger partial charge in [0.15, 0.2) is 0 Å². The van der Waals surface area contributed by atoms with Gasteiger partial charge in [-0.3, -0.25) is 9.69 Å². The number of hydrogen-bond acceptors (Lipinski definition) is 5. The molecule has 13 heteroatoms. The Kier molecular flexibility index (Phi) is 7.46. The van der Waals surface area contributed by atoms with Gasteiger partial charge in [-0.05, 0) is 43.1 Å². The maximum absolute atomic E-state index is 13.3. The summed E-state index contributed by atoms with van der Waals surface area (Å²) in [7, 11) is 1.94. The molecular formula is C21H22F4N4O4S. The molecule has 2 aliphatic rings. The molecule has 1 atom stereocenters. The molecular weight excluding hydrogens is 480 g/mol. The van der Waals surface area contributed by atoms with Crippen molar-refractivity contribution in [3.8, 4) is 0 Å². The molecule has 2 fully saturated rings. The second-order valence-electron chi connectivity index (χ2n) is 7.96. The minimum atomic E-state index is -5.08. The lowest BCUT2D eigenvalue weighted by molar-refractivity contribution is -0.192. The van der Waals surface area contributed by atoms with Crippen molar-refractivity contribution >= 4 is 40.6 Å². The highest BCUT2D eigenvalue weighted by atomic mass is 32.1. The van der Waals surface area contributed by atoms with E-state index in [1.54, 1.807) is 28.4 Å². The van der Waals surface area contributed by atoms with Gasteiger partial charge in [0, 0.05) is 30.7 Å². The summed E-state index contributed by atoms with van der Waals surface area (Å²) in [6.07, 6.45) is -4.30. The summed E-state index contributed by atoms with van der Waals surface area (Å²) >= 11 is 1.56. The van der Waals surface area contributed by atoms with Gasteiger partial charge in [0.2, 0.25) is 5.91 Å². The second-order valence-corrected chi connectivity index (χ2v) is 8.74. The second kappa shape index (κ2) is 9.97. The largest absolute Gasteiger partial charge is 0.490 e. The average Bonchev–Trinajstić information content (AvgIpc) is 3.42. The lowest BCUT2D eigenvalue weighted by Crippen LogP contribution is -2.64. The molecule has 2 N–H and O–H groups in total. The number of thiophene rings is 1. The van der Waals surface area contributed by atoms with Gasteiger partial charge < -0.3 is 20.2 Å². The maximum Gasteiger partial charge on any atom is 0.490 e. The Morgan fingerprint density at radius 3 is 2.50 bits per heavy atom. The fraction of sp³-hybridized carbons (Fsp3) is 0.381. The Morgan fingerprint density at radius 2 is 1.91 bits per heavy atom. The van der Waals surface area contributed by atoms with E-state index in [4.69, 9.17) is 9.90 Å². The number of anilines is 2. The summed E-state index contributed by atoms with van der Waals surface area (Å²) in [5.41, 5.74) is 1.09. The van der Waals surface area contributed by atoms with Gasteiger partial charge >= 0.3 is 18.2 Å². The highest BCUT2D eigenvalue weighted by Crippen LogP contribution is 2.34. The van der Waals surface area contributed by atoms with E-state index in [9.17, 15) is 27.2 Å². The Bertz CT molecular complexity index is 1050. The number of aliphatic carboxylic acids is 1. The molecule has 1 unspecified atom stereocenters. The molecule has 184 valence electrons. The van der Waals surface area contributed by atoms with Crippen LogP contribution in [0, 0.1) is 5.82 Å². The minimum Gasteiger partial charge on any atom is -0.475 e. The summed E-state index contributed by atoms with van der Waals surface area (Å²) in [4.78, 5) is 39.6. The number of benzene rings is 1. The molecule has 4 rings (SSSR count). The van der Waals surface area contributed by atoms with Crippen LogP contribution in [0.3, 0.4) is 0 Å². The summed E-state index contributed by atoms with van der Waals surface area (Å²) < 4.78 is 45.1. The number of urea groups is 1. The van der Waals surface area contributed by atoms with Crippen LogP contribution in [0.25, 0.3) is 0 Å². The number of likely N-dealkylation sites (tertiary alicyclic amines) is 1. The number of nitrogens with one attached hydrogen (secondary N) is 1. The molecule has 2 aliphatic heterocycles. The number of halogens is 4. The molecule has 2 aromatic rings. The molecule has 2 saturated heterocycles. The third kappa shape index (κ3) is 5.83. The van der Waals surface area contributed by atoms with Crippen molar-refractivity contribution in [3.05, 3.63) is 46.9 Å². The van der Waals surface area contributed by atoms with Crippen LogP contribution in [0.4, 0.5) is 33.7 Å². The first-order valence-corrected chi connectivity index (χ1v) is 11.0. The number of carbonyl (C=O) groups is 3. The van der Waals surface area contributed by atoms with Crippen LogP contribution in [0.2, 0.25) is 0 Å². The highest BCUT2D eigenvalue weighted by molar-refractivity contribution is 7.08. The number of nitrogens with zero attached hydrogens (tertiary/aromatic N) is 3. The fourth-order valence-corrected chi connectivity index (χ4v) is 4.49. The van der Waals surface area contributed by atoms with Crippen molar-refractivity contribution < 1.29 is 37.1 Å². The lowest BCUT2D eigenvalue weighted by Gasteiger charge is -2.46. The zero-order chi connectivity index (χ0) is 25.1. The Morgan fingerprint density at radius 1 is 1.21 bits per heavy atom. The topological polar surface area (TPSA) is 93.2 Å². The fourth-order valence-electron chi connectivity index (χ4n) is 3.84. The van der Waals surface area contributed by atoms with Crippen molar-refractivity contribution in [2.45, 2.75) is 18.1 Å². The van der Waals surface area contributed by atoms with E-state index >= 15 is 0 Å². The van der Waals surface area contributed by atoms with Gasteiger partial charge in [0.1, 0.15) is 5.82 Å². The highest BCUT2D eigenvalue weighted by Gasteiger charge is 2.48. The number of amides is 3. The Labute approximate surface area is 196 Å². The normalized spacial score (nSPS) is 20.8. The molecule has 3 amide bonds. The van der Waals surface area contributed by atoms with Crippen LogP contribution < -0.4 is 10.2 Å². The molecule has 1 aromatic carbocycles. The summed E-state index contributed by atoms with van der Waals surface area (Å²) in [5, 5.41) is 13.8. The van der Waals surface area contributed by atoms with E-state index in [1.165, 1.54) is 12.1 Å². The van der Waals surface area contributed by atoms with Crippen molar-refractivity contribution in [1.29, 1.82) is 0 Å². The standard InChI is InChI=1S/C19H21FN4O2S.C2HF3O2/c1-22-10-17(25)24(16-5-8-27-11-16)13-19(22)6-7-23(12-19)18(26)21-15-4-2-3-14(20)9-15;3-2(4,5)1(6)7/h2-5,8-9,11H,6-7,10,12-13H2,1H3,(H,21,26);(H,6,7). The van der Waals surface area contributed by atoms with Gasteiger partial charge in [-0.25, -0.2) is 14.0 Å². The first-order valence-electron chi connectivity index (χ1n) is 10.1. The van der Waals surface area contributed by atoms with Gasteiger partial charge in [-0.2, -0.15) is 24.5 Å². The summed E-state index contributed by atoms with van der Waals surface area (Å²) in [6.45, 7) is 2.01. The van der Waals surface area contributed by atoms with Gasteiger partial charge in [0.25, 0.3) is 0 Å². The third-order valence-electron chi connectivity index (χ3n) is 5.69. The predicted molar refractivity (Wildman–Crippen MR) is 117 cm³/mol. The van der Waals surface area contributed by atoms with Crippen molar-refractivity contribution in [3.63, 3.8) is 0 Å². The lowest BCUT2D eigenvalue weighted by atomic mass is 9.93. The van der Waals surface area contributed by atoms with Crippen LogP contribution in [-0.2, 0) is 9.59 Å². The predicted octanol–water partition coefficient (Wildman–Crippen LogP) is 3.48. The third-order valence-corrected chi connectivity index (χ3v) is 6.36.